The smallest absolute Gasteiger partial charge is 0.320 e. The fourth-order valence-corrected chi connectivity index (χ4v) is 2.48. The molecule has 128 valence electrons. The molecule has 1 aromatic carbocycles. The van der Waals surface area contributed by atoms with Crippen molar-refractivity contribution in [3.05, 3.63) is 41.6 Å². The van der Waals surface area contributed by atoms with E-state index in [4.69, 9.17) is 16.3 Å². The van der Waals surface area contributed by atoms with Gasteiger partial charge in [-0.1, -0.05) is 11.6 Å². The number of anilines is 1. The summed E-state index contributed by atoms with van der Waals surface area (Å²) in [6.45, 7) is 2.37. The van der Waals surface area contributed by atoms with Gasteiger partial charge in [-0.3, -0.25) is 10.3 Å². The number of benzene rings is 1. The molecule has 0 saturated carbocycles. The van der Waals surface area contributed by atoms with Crippen LogP contribution in [0.1, 0.15) is 6.92 Å². The number of amides is 2. The number of pyridine rings is 1. The monoisotopic (exact) mass is 357 g/mol. The number of halogens is 1. The van der Waals surface area contributed by atoms with Gasteiger partial charge in [-0.25, -0.2) is 14.8 Å². The Bertz CT molecular complexity index is 932. The zero-order valence-electron chi connectivity index (χ0n) is 13.7. The summed E-state index contributed by atoms with van der Waals surface area (Å²) in [6, 6.07) is 8.41. The molecule has 8 heteroatoms. The minimum atomic E-state index is -0.321. The molecule has 2 amide bonds. The van der Waals surface area contributed by atoms with Crippen LogP contribution in [0, 0.1) is 0 Å². The van der Waals surface area contributed by atoms with Crippen LogP contribution < -0.4 is 15.4 Å². The van der Waals surface area contributed by atoms with Crippen molar-refractivity contribution in [2.45, 2.75) is 6.92 Å². The summed E-state index contributed by atoms with van der Waals surface area (Å²) < 4.78 is 5.23. The molecular formula is C17H16ClN5O2. The van der Waals surface area contributed by atoms with Gasteiger partial charge >= 0.3 is 6.03 Å². The third-order valence-corrected chi connectivity index (χ3v) is 3.61. The lowest BCUT2D eigenvalue weighted by Crippen LogP contribution is -2.28. The van der Waals surface area contributed by atoms with Crippen LogP contribution in [-0.4, -0.2) is 34.6 Å². The fraction of sp³-hybridized carbons (Fsp3) is 0.176. The molecule has 0 atom stereocenters. The van der Waals surface area contributed by atoms with E-state index in [1.165, 1.54) is 0 Å². The van der Waals surface area contributed by atoms with Crippen molar-refractivity contribution in [3.63, 3.8) is 0 Å². The number of ether oxygens (including phenoxy) is 1. The highest BCUT2D eigenvalue weighted by Gasteiger charge is 2.09. The van der Waals surface area contributed by atoms with Crippen LogP contribution in [0.3, 0.4) is 0 Å². The minimum Gasteiger partial charge on any atom is -0.497 e. The van der Waals surface area contributed by atoms with Crippen LogP contribution in [0.25, 0.3) is 22.4 Å². The van der Waals surface area contributed by atoms with E-state index < -0.39 is 0 Å². The van der Waals surface area contributed by atoms with Gasteiger partial charge in [-0.15, -0.1) is 0 Å². The second-order valence-corrected chi connectivity index (χ2v) is 5.60. The second-order valence-electron chi connectivity index (χ2n) is 5.16. The predicted octanol–water partition coefficient (Wildman–Crippen LogP) is 3.50. The van der Waals surface area contributed by atoms with Crippen molar-refractivity contribution in [2.75, 3.05) is 19.0 Å². The lowest BCUT2D eigenvalue weighted by atomic mass is 10.1. The molecule has 0 aliphatic heterocycles. The average molecular weight is 358 g/mol. The van der Waals surface area contributed by atoms with Crippen LogP contribution in [0.4, 0.5) is 10.6 Å². The molecule has 0 unspecified atom stereocenters. The van der Waals surface area contributed by atoms with Gasteiger partial charge in [-0.05, 0) is 37.3 Å². The summed E-state index contributed by atoms with van der Waals surface area (Å²) in [5, 5.41) is 5.83. The first-order valence-electron chi connectivity index (χ1n) is 7.62. The third-order valence-electron chi connectivity index (χ3n) is 3.39. The Labute approximate surface area is 149 Å². The van der Waals surface area contributed by atoms with Gasteiger partial charge in [0.05, 0.1) is 19.0 Å². The molecule has 0 radical (unpaired) electrons. The van der Waals surface area contributed by atoms with E-state index in [-0.39, 0.29) is 6.03 Å². The Kier molecular flexibility index (Phi) is 4.95. The van der Waals surface area contributed by atoms with E-state index in [2.05, 4.69) is 25.6 Å². The second kappa shape index (κ2) is 7.31. The van der Waals surface area contributed by atoms with E-state index >= 15 is 0 Å². The van der Waals surface area contributed by atoms with E-state index in [9.17, 15) is 4.79 Å². The Hall–Kier alpha value is -2.93. The predicted molar refractivity (Wildman–Crippen MR) is 97.0 cm³/mol. The lowest BCUT2D eigenvalue weighted by Gasteiger charge is -2.08. The first-order valence-corrected chi connectivity index (χ1v) is 8.00. The maximum absolute atomic E-state index is 11.6. The lowest BCUT2D eigenvalue weighted by molar-refractivity contribution is 0.252. The summed E-state index contributed by atoms with van der Waals surface area (Å²) >= 11 is 6.11. The van der Waals surface area contributed by atoms with E-state index in [0.717, 1.165) is 5.56 Å². The first kappa shape index (κ1) is 16.9. The van der Waals surface area contributed by atoms with Gasteiger partial charge in [0.1, 0.15) is 17.1 Å². The Balaban J connectivity index is 1.98. The maximum Gasteiger partial charge on any atom is 0.320 e. The van der Waals surface area contributed by atoms with E-state index in [1.807, 2.05) is 13.0 Å². The first-order chi connectivity index (χ1) is 12.1. The Morgan fingerprint density at radius 3 is 2.84 bits per heavy atom. The molecule has 0 aliphatic carbocycles. The molecular weight excluding hydrogens is 342 g/mol. The molecule has 0 saturated heterocycles. The van der Waals surface area contributed by atoms with Crippen LogP contribution in [-0.2, 0) is 0 Å². The number of carbonyl (C=O) groups excluding carboxylic acids is 1. The molecule has 2 heterocycles. The average Bonchev–Trinajstić information content (AvgIpc) is 2.60. The standard InChI is InChI=1S/C17H16ClN5O2/c1-3-19-17(24)23-15-5-4-13-16(22-15)21-14(9-20-13)10-6-11(18)8-12(7-10)25-2/h4-9H,3H2,1-2H3,(H2,19,21,22,23,24). The number of hydrogen-bond acceptors (Lipinski definition) is 5. The highest BCUT2D eigenvalue weighted by Crippen LogP contribution is 2.27. The molecule has 0 aliphatic rings. The normalized spacial score (nSPS) is 10.5. The summed E-state index contributed by atoms with van der Waals surface area (Å²) in [5.41, 5.74) is 2.42. The van der Waals surface area contributed by atoms with Gasteiger partial charge < -0.3 is 10.1 Å². The van der Waals surface area contributed by atoms with Gasteiger partial charge in [0, 0.05) is 17.1 Å². The van der Waals surface area contributed by atoms with Crippen LogP contribution >= 0.6 is 11.6 Å². The van der Waals surface area contributed by atoms with Crippen molar-refractivity contribution >= 4 is 34.6 Å². The molecule has 2 aromatic heterocycles. The van der Waals surface area contributed by atoms with Crippen LogP contribution in [0.15, 0.2) is 36.5 Å². The van der Waals surface area contributed by atoms with Gasteiger partial charge in [0.2, 0.25) is 0 Å². The molecule has 2 N–H and O–H groups in total. The third kappa shape index (κ3) is 3.95. The SMILES string of the molecule is CCNC(=O)Nc1ccc2ncc(-c3cc(Cl)cc(OC)c3)nc2n1. The molecule has 3 rings (SSSR count). The fourth-order valence-electron chi connectivity index (χ4n) is 2.26. The zero-order chi connectivity index (χ0) is 17.8. The van der Waals surface area contributed by atoms with E-state index in [1.54, 1.807) is 37.6 Å². The number of nitrogens with one attached hydrogen (secondary N) is 2. The van der Waals surface area contributed by atoms with Crippen molar-refractivity contribution in [3.8, 4) is 17.0 Å². The van der Waals surface area contributed by atoms with Crippen molar-refractivity contribution in [1.29, 1.82) is 0 Å². The topological polar surface area (TPSA) is 89.0 Å². The quantitative estimate of drug-likeness (QED) is 0.746. The molecule has 25 heavy (non-hydrogen) atoms. The molecule has 0 fully saturated rings. The Morgan fingerprint density at radius 1 is 1.24 bits per heavy atom. The summed E-state index contributed by atoms with van der Waals surface area (Å²) in [4.78, 5) is 24.8. The van der Waals surface area contributed by atoms with Gasteiger partial charge in [0.15, 0.2) is 5.65 Å². The number of hydrogen-bond donors (Lipinski definition) is 2. The van der Waals surface area contributed by atoms with E-state index in [0.29, 0.717) is 40.0 Å². The minimum absolute atomic E-state index is 0.321. The molecule has 3 aromatic rings. The summed E-state index contributed by atoms with van der Waals surface area (Å²) in [7, 11) is 1.57. The summed E-state index contributed by atoms with van der Waals surface area (Å²) in [5.74, 6) is 1.03. The number of fused-ring (bicyclic) bond motifs is 1. The Morgan fingerprint density at radius 2 is 2.08 bits per heavy atom. The van der Waals surface area contributed by atoms with Crippen LogP contribution in [0.2, 0.25) is 5.02 Å². The highest BCUT2D eigenvalue weighted by atomic mass is 35.5. The molecule has 7 nitrogen and oxygen atoms in total. The molecule has 0 spiro atoms. The van der Waals surface area contributed by atoms with Crippen molar-refractivity contribution in [2.24, 2.45) is 0 Å². The number of nitrogens with zero attached hydrogens (tertiary/aromatic N) is 3. The van der Waals surface area contributed by atoms with Crippen molar-refractivity contribution in [1.82, 2.24) is 20.3 Å². The van der Waals surface area contributed by atoms with Crippen LogP contribution in [0.5, 0.6) is 5.75 Å². The highest BCUT2D eigenvalue weighted by molar-refractivity contribution is 6.31. The number of aromatic nitrogens is 3. The van der Waals surface area contributed by atoms with Gasteiger partial charge in [-0.2, -0.15) is 0 Å². The largest absolute Gasteiger partial charge is 0.497 e. The number of urea groups is 1. The maximum atomic E-state index is 11.6. The number of rotatable bonds is 4. The number of carbonyl (C=O) groups is 1. The summed E-state index contributed by atoms with van der Waals surface area (Å²) in [6.07, 6.45) is 1.64. The van der Waals surface area contributed by atoms with Gasteiger partial charge in [0.25, 0.3) is 0 Å². The number of methoxy groups -OCH3 is 1. The van der Waals surface area contributed by atoms with Crippen molar-refractivity contribution < 1.29 is 9.53 Å². The molecule has 0 bridgehead atoms. The zero-order valence-corrected chi connectivity index (χ0v) is 14.5.